The van der Waals surface area contributed by atoms with E-state index < -0.39 is 11.9 Å². The Morgan fingerprint density at radius 2 is 1.22 bits per heavy atom. The van der Waals surface area contributed by atoms with Crippen LogP contribution in [0.15, 0.2) is 60.7 Å². The van der Waals surface area contributed by atoms with Gasteiger partial charge >= 0.3 is 5.97 Å². The first-order chi connectivity index (χ1) is 11.0. The first-order valence-corrected chi connectivity index (χ1v) is 7.96. The average Bonchev–Trinajstić information content (AvgIpc) is 2.63. The van der Waals surface area contributed by atoms with E-state index >= 15 is 0 Å². The second kappa shape index (κ2) is 13.5. The molecule has 126 valence electrons. The number of aliphatic hydroxyl groups excluding tert-OH is 1. The number of carbonyl (C=O) groups is 1. The highest BCUT2D eigenvalue weighted by Crippen LogP contribution is 1.97. The minimum Gasteiger partial charge on any atom is -0.481 e. The lowest BCUT2D eigenvalue weighted by Crippen LogP contribution is -2.12. The van der Waals surface area contributed by atoms with Crippen LogP contribution in [0.2, 0.25) is 0 Å². The summed E-state index contributed by atoms with van der Waals surface area (Å²) in [7, 11) is 0. The summed E-state index contributed by atoms with van der Waals surface area (Å²) in [6.45, 7) is 5.49. The molecule has 2 aromatic rings. The summed E-state index contributed by atoms with van der Waals surface area (Å²) >= 11 is 0. The molecule has 0 fully saturated rings. The fourth-order valence-corrected chi connectivity index (χ4v) is 1.51. The van der Waals surface area contributed by atoms with Gasteiger partial charge in [-0.05, 0) is 30.9 Å². The Morgan fingerprint density at radius 3 is 1.35 bits per heavy atom. The topological polar surface area (TPSA) is 57.5 Å². The van der Waals surface area contributed by atoms with Gasteiger partial charge in [0.05, 0.1) is 12.5 Å². The fraction of sp³-hybridized carbons (Fsp3) is 0.350. The molecule has 3 heteroatoms. The van der Waals surface area contributed by atoms with Crippen LogP contribution < -0.4 is 0 Å². The predicted octanol–water partition coefficient (Wildman–Crippen LogP) is 4.20. The number of aliphatic hydroxyl groups is 1. The molecule has 0 aliphatic heterocycles. The molecule has 3 nitrogen and oxygen atoms in total. The van der Waals surface area contributed by atoms with E-state index in [0.717, 1.165) is 12.8 Å². The molecule has 0 saturated carbocycles. The molecule has 0 amide bonds. The van der Waals surface area contributed by atoms with Crippen molar-refractivity contribution in [3.63, 3.8) is 0 Å². The molecule has 0 radical (unpaired) electrons. The van der Waals surface area contributed by atoms with Crippen LogP contribution in [0, 0.1) is 5.92 Å². The standard InChI is InChI=1S/2C8H10.C4H8O3/c2*1-2-8-6-4-3-5-7-8;1-3(2-5)4(6)7/h2*3-7H,2H2,1H3;3,5H,2H2,1H3,(H,6,7). The molecule has 2 rings (SSSR count). The number of hydrogen-bond donors (Lipinski definition) is 2. The number of benzene rings is 2. The largest absolute Gasteiger partial charge is 0.481 e. The van der Waals surface area contributed by atoms with Crippen molar-refractivity contribution >= 4 is 5.97 Å². The van der Waals surface area contributed by atoms with Gasteiger partial charge < -0.3 is 10.2 Å². The minimum absolute atomic E-state index is 0.282. The Balaban J connectivity index is 0.000000317. The van der Waals surface area contributed by atoms with E-state index in [1.165, 1.54) is 18.1 Å². The van der Waals surface area contributed by atoms with Gasteiger partial charge in [-0.3, -0.25) is 4.79 Å². The van der Waals surface area contributed by atoms with Gasteiger partial charge in [0.2, 0.25) is 0 Å². The normalized spacial score (nSPS) is 10.4. The second-order valence-electron chi connectivity index (χ2n) is 5.10. The fourth-order valence-electron chi connectivity index (χ4n) is 1.51. The molecular weight excluding hydrogens is 288 g/mol. The molecule has 0 aromatic heterocycles. The third-order valence-corrected chi connectivity index (χ3v) is 3.20. The van der Waals surface area contributed by atoms with Crippen LogP contribution in [-0.4, -0.2) is 22.8 Å². The van der Waals surface area contributed by atoms with Crippen molar-refractivity contribution in [2.24, 2.45) is 5.92 Å². The summed E-state index contributed by atoms with van der Waals surface area (Å²) in [5.74, 6) is -1.58. The maximum Gasteiger partial charge on any atom is 0.308 e. The van der Waals surface area contributed by atoms with Crippen molar-refractivity contribution in [3.8, 4) is 0 Å². The second-order valence-corrected chi connectivity index (χ2v) is 5.10. The van der Waals surface area contributed by atoms with Gasteiger partial charge in [0, 0.05) is 0 Å². The number of carboxylic acids is 1. The van der Waals surface area contributed by atoms with E-state index in [-0.39, 0.29) is 6.61 Å². The third kappa shape index (κ3) is 11.1. The van der Waals surface area contributed by atoms with Gasteiger partial charge in [0.15, 0.2) is 0 Å². The molecule has 2 aromatic carbocycles. The molecule has 0 aliphatic carbocycles. The zero-order chi connectivity index (χ0) is 17.5. The van der Waals surface area contributed by atoms with Crippen molar-refractivity contribution in [2.45, 2.75) is 33.6 Å². The van der Waals surface area contributed by atoms with Crippen LogP contribution in [0.25, 0.3) is 0 Å². The summed E-state index contributed by atoms with van der Waals surface area (Å²) in [6.07, 6.45) is 2.28. The van der Waals surface area contributed by atoms with Crippen molar-refractivity contribution in [1.82, 2.24) is 0 Å². The number of hydrogen-bond acceptors (Lipinski definition) is 2. The molecule has 0 aliphatic rings. The summed E-state index contributed by atoms with van der Waals surface area (Å²) in [6, 6.07) is 20.9. The molecule has 0 bridgehead atoms. The van der Waals surface area contributed by atoms with Crippen molar-refractivity contribution in [1.29, 1.82) is 0 Å². The highest BCUT2D eigenvalue weighted by Gasteiger charge is 2.06. The average molecular weight is 316 g/mol. The monoisotopic (exact) mass is 316 g/mol. The third-order valence-electron chi connectivity index (χ3n) is 3.20. The Kier molecular flexibility index (Phi) is 12.3. The van der Waals surface area contributed by atoms with Crippen molar-refractivity contribution in [3.05, 3.63) is 71.8 Å². The summed E-state index contributed by atoms with van der Waals surface area (Å²) in [5, 5.41) is 16.1. The van der Waals surface area contributed by atoms with Gasteiger partial charge in [0.25, 0.3) is 0 Å². The molecule has 0 heterocycles. The maximum atomic E-state index is 9.77. The van der Waals surface area contributed by atoms with Gasteiger partial charge in [0.1, 0.15) is 0 Å². The number of aliphatic carboxylic acids is 1. The van der Waals surface area contributed by atoms with Crippen molar-refractivity contribution in [2.75, 3.05) is 6.61 Å². The quantitative estimate of drug-likeness (QED) is 0.889. The SMILES string of the molecule is CC(CO)C(=O)O.CCc1ccccc1.CCc1ccccc1. The first-order valence-electron chi connectivity index (χ1n) is 7.96. The van der Waals surface area contributed by atoms with Gasteiger partial charge in [-0.25, -0.2) is 0 Å². The zero-order valence-electron chi connectivity index (χ0n) is 14.3. The van der Waals surface area contributed by atoms with Gasteiger partial charge in [-0.2, -0.15) is 0 Å². The predicted molar refractivity (Wildman–Crippen MR) is 95.5 cm³/mol. The molecule has 1 unspecified atom stereocenters. The van der Waals surface area contributed by atoms with Gasteiger partial charge in [-0.1, -0.05) is 74.5 Å². The molecule has 0 saturated heterocycles. The number of aryl methyl sites for hydroxylation is 2. The first kappa shape index (κ1) is 20.9. The number of carboxylic acid groups (broad SMARTS) is 1. The number of rotatable bonds is 4. The zero-order valence-corrected chi connectivity index (χ0v) is 14.3. The molecule has 1 atom stereocenters. The van der Waals surface area contributed by atoms with Crippen LogP contribution in [0.1, 0.15) is 31.9 Å². The molecule has 0 spiro atoms. The molecule has 2 N–H and O–H groups in total. The molecule has 23 heavy (non-hydrogen) atoms. The van der Waals surface area contributed by atoms with E-state index in [0.29, 0.717) is 0 Å². The summed E-state index contributed by atoms with van der Waals surface area (Å²) < 4.78 is 0. The van der Waals surface area contributed by atoms with Crippen LogP contribution in [0.5, 0.6) is 0 Å². The Labute approximate surface area is 139 Å². The van der Waals surface area contributed by atoms with E-state index in [1.807, 2.05) is 12.1 Å². The Morgan fingerprint density at radius 1 is 0.870 bits per heavy atom. The Bertz CT molecular complexity index is 469. The van der Waals surface area contributed by atoms with Crippen LogP contribution in [-0.2, 0) is 17.6 Å². The van der Waals surface area contributed by atoms with Crippen LogP contribution in [0.4, 0.5) is 0 Å². The van der Waals surface area contributed by atoms with Crippen LogP contribution >= 0.6 is 0 Å². The van der Waals surface area contributed by atoms with E-state index in [4.69, 9.17) is 10.2 Å². The lowest BCUT2D eigenvalue weighted by Gasteiger charge is -1.95. The van der Waals surface area contributed by atoms with Crippen molar-refractivity contribution < 1.29 is 15.0 Å². The Hall–Kier alpha value is -2.13. The lowest BCUT2D eigenvalue weighted by molar-refractivity contribution is -0.142. The van der Waals surface area contributed by atoms with Crippen LogP contribution in [0.3, 0.4) is 0 Å². The smallest absolute Gasteiger partial charge is 0.308 e. The molecular formula is C20H28O3. The van der Waals surface area contributed by atoms with E-state index in [9.17, 15) is 4.79 Å². The summed E-state index contributed by atoms with van der Waals surface area (Å²) in [5.41, 5.74) is 2.82. The van der Waals surface area contributed by atoms with Gasteiger partial charge in [-0.15, -0.1) is 0 Å². The highest BCUT2D eigenvalue weighted by atomic mass is 16.4. The van der Waals surface area contributed by atoms with E-state index in [1.54, 1.807) is 0 Å². The summed E-state index contributed by atoms with van der Waals surface area (Å²) in [4.78, 5) is 9.77. The van der Waals surface area contributed by atoms with E-state index in [2.05, 4.69) is 62.4 Å². The highest BCUT2D eigenvalue weighted by molar-refractivity contribution is 5.69. The maximum absolute atomic E-state index is 9.77. The minimum atomic E-state index is -0.956. The lowest BCUT2D eigenvalue weighted by atomic mass is 10.2.